The molecule has 174 valence electrons. The molecule has 0 aliphatic heterocycles. The zero-order chi connectivity index (χ0) is 23.9. The van der Waals surface area contributed by atoms with Gasteiger partial charge in [-0.05, 0) is 73.2 Å². The van der Waals surface area contributed by atoms with E-state index in [1.807, 2.05) is 84.3 Å². The number of methoxy groups -OCH3 is 1. The summed E-state index contributed by atoms with van der Waals surface area (Å²) in [5.74, 6) is 1.55. The molecule has 0 radical (unpaired) electrons. The van der Waals surface area contributed by atoms with Gasteiger partial charge in [0.25, 0.3) is 0 Å². The van der Waals surface area contributed by atoms with Crippen molar-refractivity contribution < 1.29 is 9.53 Å². The summed E-state index contributed by atoms with van der Waals surface area (Å²) < 4.78 is 7.22. The van der Waals surface area contributed by atoms with Crippen LogP contribution in [-0.2, 0) is 11.3 Å². The Hall–Kier alpha value is -3.49. The molecule has 0 saturated carbocycles. The fraction of sp³-hybridized carbons (Fsp3) is 0.160. The molecule has 7 nitrogen and oxygen atoms in total. The van der Waals surface area contributed by atoms with E-state index in [1.165, 1.54) is 11.8 Å². The summed E-state index contributed by atoms with van der Waals surface area (Å²) >= 11 is 7.31. The van der Waals surface area contributed by atoms with Gasteiger partial charge in [0.2, 0.25) is 5.91 Å². The highest BCUT2D eigenvalue weighted by molar-refractivity contribution is 7.99. The first-order valence-electron chi connectivity index (χ1n) is 10.6. The average molecular weight is 494 g/mol. The lowest BCUT2D eigenvalue weighted by atomic mass is 10.2. The summed E-state index contributed by atoms with van der Waals surface area (Å²) in [7, 11) is 1.63. The number of carbonyl (C=O) groups excluding carboxylic acids is 1. The zero-order valence-electron chi connectivity index (χ0n) is 18.8. The number of amides is 1. The minimum atomic E-state index is -0.110. The highest BCUT2D eigenvalue weighted by atomic mass is 35.5. The van der Waals surface area contributed by atoms with Crippen molar-refractivity contribution in [1.29, 1.82) is 0 Å². The van der Waals surface area contributed by atoms with Crippen molar-refractivity contribution in [3.05, 3.63) is 89.2 Å². The first kappa shape index (κ1) is 23.7. The summed E-state index contributed by atoms with van der Waals surface area (Å²) in [6.45, 7) is 2.43. The molecule has 0 aliphatic carbocycles. The summed E-state index contributed by atoms with van der Waals surface area (Å²) in [5, 5.41) is 16.3. The minimum absolute atomic E-state index is 0.110. The molecule has 0 spiro atoms. The predicted molar refractivity (Wildman–Crippen MR) is 137 cm³/mol. The van der Waals surface area contributed by atoms with Gasteiger partial charge in [0.05, 0.1) is 19.4 Å². The fourth-order valence-electron chi connectivity index (χ4n) is 3.30. The maximum atomic E-state index is 12.5. The van der Waals surface area contributed by atoms with E-state index in [9.17, 15) is 4.79 Å². The lowest BCUT2D eigenvalue weighted by Gasteiger charge is -2.12. The number of thioether (sulfide) groups is 1. The number of rotatable bonds is 9. The second-order valence-electron chi connectivity index (χ2n) is 7.50. The monoisotopic (exact) mass is 493 g/mol. The molecule has 9 heteroatoms. The van der Waals surface area contributed by atoms with Gasteiger partial charge in [-0.15, -0.1) is 10.2 Å². The molecule has 0 saturated heterocycles. The van der Waals surface area contributed by atoms with Crippen LogP contribution >= 0.6 is 23.4 Å². The van der Waals surface area contributed by atoms with Crippen molar-refractivity contribution in [2.75, 3.05) is 23.5 Å². The third-order valence-electron chi connectivity index (χ3n) is 4.96. The largest absolute Gasteiger partial charge is 0.497 e. The van der Waals surface area contributed by atoms with E-state index >= 15 is 0 Å². The Morgan fingerprint density at radius 2 is 1.79 bits per heavy atom. The SMILES string of the molecule is COc1ccc(-n2c(CNc3ccc(Cl)cc3)nnc2SCC(=O)Nc2cccc(C)c2)cc1. The van der Waals surface area contributed by atoms with Crippen molar-refractivity contribution in [2.45, 2.75) is 18.6 Å². The first-order valence-corrected chi connectivity index (χ1v) is 12.0. The average Bonchev–Trinajstić information content (AvgIpc) is 3.25. The molecule has 0 aliphatic rings. The number of benzene rings is 3. The van der Waals surface area contributed by atoms with Crippen LogP contribution < -0.4 is 15.4 Å². The van der Waals surface area contributed by atoms with E-state index in [4.69, 9.17) is 16.3 Å². The normalized spacial score (nSPS) is 10.7. The second-order valence-corrected chi connectivity index (χ2v) is 8.88. The number of aromatic nitrogens is 3. The van der Waals surface area contributed by atoms with Crippen LogP contribution in [-0.4, -0.2) is 33.5 Å². The molecule has 34 heavy (non-hydrogen) atoms. The number of anilines is 2. The van der Waals surface area contributed by atoms with Gasteiger partial charge in [-0.25, -0.2) is 0 Å². The number of hydrogen-bond acceptors (Lipinski definition) is 6. The van der Waals surface area contributed by atoms with Crippen LogP contribution in [0.3, 0.4) is 0 Å². The van der Waals surface area contributed by atoms with E-state index < -0.39 is 0 Å². The number of hydrogen-bond donors (Lipinski definition) is 2. The van der Waals surface area contributed by atoms with Gasteiger partial charge < -0.3 is 15.4 Å². The van der Waals surface area contributed by atoms with Crippen molar-refractivity contribution in [1.82, 2.24) is 14.8 Å². The van der Waals surface area contributed by atoms with Crippen molar-refractivity contribution in [2.24, 2.45) is 0 Å². The molecule has 1 amide bonds. The Balaban J connectivity index is 1.52. The van der Waals surface area contributed by atoms with Gasteiger partial charge in [0, 0.05) is 22.1 Å². The molecule has 0 fully saturated rings. The lowest BCUT2D eigenvalue weighted by Crippen LogP contribution is -2.15. The molecule has 4 aromatic rings. The Kier molecular flexibility index (Phi) is 7.72. The molecular formula is C25H24ClN5O2S. The molecule has 1 aromatic heterocycles. The smallest absolute Gasteiger partial charge is 0.234 e. The molecule has 4 rings (SSSR count). The van der Waals surface area contributed by atoms with Gasteiger partial charge in [-0.3, -0.25) is 9.36 Å². The highest BCUT2D eigenvalue weighted by Crippen LogP contribution is 2.25. The van der Waals surface area contributed by atoms with Gasteiger partial charge in [-0.1, -0.05) is 35.5 Å². The molecule has 2 N–H and O–H groups in total. The topological polar surface area (TPSA) is 81.1 Å². The molecule has 0 bridgehead atoms. The number of aryl methyl sites for hydroxylation is 1. The second kappa shape index (κ2) is 11.1. The fourth-order valence-corrected chi connectivity index (χ4v) is 4.19. The molecular weight excluding hydrogens is 470 g/mol. The van der Waals surface area contributed by atoms with Crippen LogP contribution in [0.5, 0.6) is 5.75 Å². The van der Waals surface area contributed by atoms with E-state index in [0.717, 1.165) is 28.4 Å². The highest BCUT2D eigenvalue weighted by Gasteiger charge is 2.16. The Labute approximate surface area is 207 Å². The van der Waals surface area contributed by atoms with Crippen LogP contribution in [0.25, 0.3) is 5.69 Å². The summed E-state index contributed by atoms with van der Waals surface area (Å²) in [6.07, 6.45) is 0. The van der Waals surface area contributed by atoms with Crippen LogP contribution in [0.4, 0.5) is 11.4 Å². The summed E-state index contributed by atoms with van der Waals surface area (Å²) in [6, 6.07) is 22.8. The van der Waals surface area contributed by atoms with E-state index in [1.54, 1.807) is 7.11 Å². The number of ether oxygens (including phenoxy) is 1. The van der Waals surface area contributed by atoms with Crippen molar-refractivity contribution in [3.63, 3.8) is 0 Å². The zero-order valence-corrected chi connectivity index (χ0v) is 20.4. The van der Waals surface area contributed by atoms with Crippen LogP contribution in [0.15, 0.2) is 78.0 Å². The van der Waals surface area contributed by atoms with Gasteiger partial charge >= 0.3 is 0 Å². The number of nitrogens with zero attached hydrogens (tertiary/aromatic N) is 3. The van der Waals surface area contributed by atoms with Crippen LogP contribution in [0, 0.1) is 6.92 Å². The number of carbonyl (C=O) groups is 1. The van der Waals surface area contributed by atoms with Gasteiger partial charge in [-0.2, -0.15) is 0 Å². The van der Waals surface area contributed by atoms with Crippen molar-refractivity contribution >= 4 is 40.6 Å². The van der Waals surface area contributed by atoms with Gasteiger partial charge in [0.15, 0.2) is 11.0 Å². The van der Waals surface area contributed by atoms with Crippen molar-refractivity contribution in [3.8, 4) is 11.4 Å². The standard InChI is InChI=1S/C25H24ClN5O2S/c1-17-4-3-5-20(14-17)28-24(32)16-34-25-30-29-23(15-27-19-8-6-18(26)7-9-19)31(25)21-10-12-22(33-2)13-11-21/h3-14,27H,15-16H2,1-2H3,(H,28,32). The molecule has 3 aromatic carbocycles. The third kappa shape index (κ3) is 6.09. The Bertz CT molecular complexity index is 1260. The Morgan fingerprint density at radius 1 is 1.03 bits per heavy atom. The lowest BCUT2D eigenvalue weighted by molar-refractivity contribution is -0.113. The number of halogens is 1. The van der Waals surface area contributed by atoms with Gasteiger partial charge in [0.1, 0.15) is 5.75 Å². The minimum Gasteiger partial charge on any atom is -0.497 e. The third-order valence-corrected chi connectivity index (χ3v) is 6.14. The number of nitrogens with one attached hydrogen (secondary N) is 2. The quantitative estimate of drug-likeness (QED) is 0.296. The summed E-state index contributed by atoms with van der Waals surface area (Å²) in [5.41, 5.74) is 3.65. The maximum Gasteiger partial charge on any atom is 0.234 e. The molecule has 0 unspecified atom stereocenters. The van der Waals surface area contributed by atoms with E-state index in [-0.39, 0.29) is 11.7 Å². The van der Waals surface area contributed by atoms with Crippen LogP contribution in [0.1, 0.15) is 11.4 Å². The van der Waals surface area contributed by atoms with E-state index in [0.29, 0.717) is 22.5 Å². The summed E-state index contributed by atoms with van der Waals surface area (Å²) in [4.78, 5) is 12.5. The predicted octanol–water partition coefficient (Wildman–Crippen LogP) is 5.58. The first-order chi connectivity index (χ1) is 16.5. The molecule has 1 heterocycles. The van der Waals surface area contributed by atoms with Crippen LogP contribution in [0.2, 0.25) is 5.02 Å². The maximum absolute atomic E-state index is 12.5. The molecule has 0 atom stereocenters. The Morgan fingerprint density at radius 3 is 2.50 bits per heavy atom. The van der Waals surface area contributed by atoms with E-state index in [2.05, 4.69) is 20.8 Å².